The standard InChI is InChI=1S/C23H19F3N4O3/c1-14-12-15-4-2-3-5-19(15)30(14)22(33)18-10-11-21(32)29(28-18)13-20(31)27-17-8-6-16(7-9-17)23(24,25)26/h2-11,14H,12-13H2,1H3,(H,27,31)/t14-/m0/s1. The number of rotatable bonds is 4. The number of para-hydroxylation sites is 1. The largest absolute Gasteiger partial charge is 0.416 e. The molecule has 2 amide bonds. The van der Waals surface area contributed by atoms with E-state index in [0.29, 0.717) is 6.42 Å². The normalized spacial score (nSPS) is 15.3. The molecular weight excluding hydrogens is 437 g/mol. The molecule has 2 heterocycles. The third-order valence-corrected chi connectivity index (χ3v) is 5.30. The lowest BCUT2D eigenvalue weighted by Gasteiger charge is -2.22. The summed E-state index contributed by atoms with van der Waals surface area (Å²) in [7, 11) is 0. The Morgan fingerprint density at radius 2 is 1.76 bits per heavy atom. The molecule has 0 saturated carbocycles. The summed E-state index contributed by atoms with van der Waals surface area (Å²) in [5.41, 5.74) is 0.500. The summed E-state index contributed by atoms with van der Waals surface area (Å²) >= 11 is 0. The van der Waals surface area contributed by atoms with Gasteiger partial charge in [-0.1, -0.05) is 18.2 Å². The van der Waals surface area contributed by atoms with Crippen molar-refractivity contribution in [3.05, 3.63) is 87.8 Å². The number of carbonyl (C=O) groups is 2. The molecule has 4 rings (SSSR count). The zero-order chi connectivity index (χ0) is 23.8. The predicted molar refractivity (Wildman–Crippen MR) is 115 cm³/mol. The van der Waals surface area contributed by atoms with Crippen LogP contribution < -0.4 is 15.8 Å². The van der Waals surface area contributed by atoms with E-state index >= 15 is 0 Å². The molecule has 0 aliphatic carbocycles. The van der Waals surface area contributed by atoms with Gasteiger partial charge in [-0.3, -0.25) is 14.4 Å². The van der Waals surface area contributed by atoms with E-state index < -0.39 is 35.7 Å². The van der Waals surface area contributed by atoms with Crippen LogP contribution in [0, 0.1) is 0 Å². The molecule has 1 atom stereocenters. The second-order valence-corrected chi connectivity index (χ2v) is 7.69. The van der Waals surface area contributed by atoms with Gasteiger partial charge < -0.3 is 10.2 Å². The molecule has 1 aromatic heterocycles. The zero-order valence-electron chi connectivity index (χ0n) is 17.5. The Bertz CT molecular complexity index is 1270. The van der Waals surface area contributed by atoms with E-state index in [4.69, 9.17) is 0 Å². The van der Waals surface area contributed by atoms with Crippen LogP contribution in [0.15, 0.2) is 65.5 Å². The number of aromatic nitrogens is 2. The van der Waals surface area contributed by atoms with Crippen molar-refractivity contribution in [3.8, 4) is 0 Å². The second kappa shape index (κ2) is 8.53. The number of nitrogens with one attached hydrogen (secondary N) is 1. The van der Waals surface area contributed by atoms with Crippen LogP contribution in [0.2, 0.25) is 0 Å². The summed E-state index contributed by atoms with van der Waals surface area (Å²) in [5, 5.41) is 6.47. The van der Waals surface area contributed by atoms with E-state index in [2.05, 4.69) is 10.4 Å². The molecule has 2 aromatic carbocycles. The molecule has 1 aliphatic rings. The number of fused-ring (bicyclic) bond motifs is 1. The van der Waals surface area contributed by atoms with Gasteiger partial charge in [-0.25, -0.2) is 4.68 Å². The minimum absolute atomic E-state index is 0.000447. The fourth-order valence-electron chi connectivity index (χ4n) is 3.75. The van der Waals surface area contributed by atoms with Crippen LogP contribution in [0.25, 0.3) is 0 Å². The molecular formula is C23H19F3N4O3. The molecule has 170 valence electrons. The average Bonchev–Trinajstić information content (AvgIpc) is 3.10. The lowest BCUT2D eigenvalue weighted by atomic mass is 10.1. The van der Waals surface area contributed by atoms with Gasteiger partial charge in [0, 0.05) is 23.5 Å². The minimum Gasteiger partial charge on any atom is -0.324 e. The Morgan fingerprint density at radius 3 is 2.45 bits per heavy atom. The number of hydrogen-bond acceptors (Lipinski definition) is 4. The van der Waals surface area contributed by atoms with Crippen LogP contribution in [0.3, 0.4) is 0 Å². The number of amides is 2. The topological polar surface area (TPSA) is 84.3 Å². The van der Waals surface area contributed by atoms with Crippen LogP contribution in [-0.2, 0) is 23.9 Å². The maximum absolute atomic E-state index is 13.1. The first-order chi connectivity index (χ1) is 15.6. The average molecular weight is 456 g/mol. The maximum atomic E-state index is 13.1. The monoisotopic (exact) mass is 456 g/mol. The van der Waals surface area contributed by atoms with E-state index in [-0.39, 0.29) is 17.4 Å². The molecule has 10 heteroatoms. The number of carbonyl (C=O) groups excluding carboxylic acids is 2. The molecule has 7 nitrogen and oxygen atoms in total. The Hall–Kier alpha value is -3.95. The number of anilines is 2. The minimum atomic E-state index is -4.49. The number of nitrogens with zero attached hydrogens (tertiary/aromatic N) is 3. The van der Waals surface area contributed by atoms with Crippen molar-refractivity contribution >= 4 is 23.2 Å². The first-order valence-electron chi connectivity index (χ1n) is 10.1. The van der Waals surface area contributed by atoms with Gasteiger partial charge in [-0.2, -0.15) is 18.3 Å². The first kappa shape index (κ1) is 22.3. The Labute approximate surface area is 186 Å². The molecule has 0 fully saturated rings. The summed E-state index contributed by atoms with van der Waals surface area (Å²) < 4.78 is 38.9. The molecule has 1 N–H and O–H groups in total. The highest BCUT2D eigenvalue weighted by atomic mass is 19.4. The predicted octanol–water partition coefficient (Wildman–Crippen LogP) is 3.49. The zero-order valence-corrected chi connectivity index (χ0v) is 17.5. The van der Waals surface area contributed by atoms with E-state index in [1.54, 1.807) is 4.90 Å². The molecule has 3 aromatic rings. The molecule has 0 radical (unpaired) electrons. The number of hydrogen-bond donors (Lipinski definition) is 1. The van der Waals surface area contributed by atoms with Crippen molar-refractivity contribution in [2.45, 2.75) is 32.1 Å². The summed E-state index contributed by atoms with van der Waals surface area (Å²) in [6.45, 7) is 1.40. The van der Waals surface area contributed by atoms with E-state index in [1.807, 2.05) is 31.2 Å². The van der Waals surface area contributed by atoms with Crippen LogP contribution in [0.1, 0.15) is 28.5 Å². The van der Waals surface area contributed by atoms with Gasteiger partial charge in [0.25, 0.3) is 11.5 Å². The van der Waals surface area contributed by atoms with Crippen LogP contribution in [0.4, 0.5) is 24.5 Å². The SMILES string of the molecule is C[C@H]1Cc2ccccc2N1C(=O)c1ccc(=O)n(CC(=O)Nc2ccc(C(F)(F)F)cc2)n1. The summed E-state index contributed by atoms with van der Waals surface area (Å²) in [5.74, 6) is -1.07. The Morgan fingerprint density at radius 1 is 1.06 bits per heavy atom. The fourth-order valence-corrected chi connectivity index (χ4v) is 3.75. The van der Waals surface area contributed by atoms with Crippen molar-refractivity contribution in [1.29, 1.82) is 0 Å². The third-order valence-electron chi connectivity index (χ3n) is 5.30. The summed E-state index contributed by atoms with van der Waals surface area (Å²) in [6, 6.07) is 13.8. The van der Waals surface area contributed by atoms with Crippen molar-refractivity contribution < 1.29 is 22.8 Å². The van der Waals surface area contributed by atoms with Crippen LogP contribution >= 0.6 is 0 Å². The van der Waals surface area contributed by atoms with Gasteiger partial charge >= 0.3 is 6.18 Å². The van der Waals surface area contributed by atoms with E-state index in [0.717, 1.165) is 46.3 Å². The number of halogens is 3. The highest BCUT2D eigenvalue weighted by Gasteiger charge is 2.32. The van der Waals surface area contributed by atoms with E-state index in [1.165, 1.54) is 6.07 Å². The molecule has 1 aliphatic heterocycles. The summed E-state index contributed by atoms with van der Waals surface area (Å²) in [4.78, 5) is 39.3. The van der Waals surface area contributed by atoms with Gasteiger partial charge in [0.05, 0.1) is 5.56 Å². The molecule has 0 unspecified atom stereocenters. The van der Waals surface area contributed by atoms with Gasteiger partial charge in [0.15, 0.2) is 0 Å². The smallest absolute Gasteiger partial charge is 0.324 e. The Balaban J connectivity index is 1.50. The Kier molecular flexibility index (Phi) is 5.75. The van der Waals surface area contributed by atoms with Crippen molar-refractivity contribution in [1.82, 2.24) is 9.78 Å². The maximum Gasteiger partial charge on any atom is 0.416 e. The molecule has 33 heavy (non-hydrogen) atoms. The van der Waals surface area contributed by atoms with Crippen molar-refractivity contribution in [2.75, 3.05) is 10.2 Å². The van der Waals surface area contributed by atoms with Crippen LogP contribution in [0.5, 0.6) is 0 Å². The third kappa shape index (κ3) is 4.64. The van der Waals surface area contributed by atoms with Crippen molar-refractivity contribution in [2.24, 2.45) is 0 Å². The second-order valence-electron chi connectivity index (χ2n) is 7.69. The van der Waals surface area contributed by atoms with Gasteiger partial charge in [0.1, 0.15) is 12.2 Å². The van der Waals surface area contributed by atoms with Crippen LogP contribution in [-0.4, -0.2) is 27.6 Å². The van der Waals surface area contributed by atoms with E-state index in [9.17, 15) is 27.6 Å². The molecule has 0 saturated heterocycles. The fraction of sp³-hybridized carbons (Fsp3) is 0.217. The van der Waals surface area contributed by atoms with Gasteiger partial charge in [-0.05, 0) is 55.3 Å². The van der Waals surface area contributed by atoms with Crippen molar-refractivity contribution in [3.63, 3.8) is 0 Å². The number of benzene rings is 2. The lowest BCUT2D eigenvalue weighted by Crippen LogP contribution is -2.38. The lowest BCUT2D eigenvalue weighted by molar-refractivity contribution is -0.137. The highest BCUT2D eigenvalue weighted by Crippen LogP contribution is 2.33. The first-order valence-corrected chi connectivity index (χ1v) is 10.1. The van der Waals surface area contributed by atoms with Gasteiger partial charge in [0.2, 0.25) is 5.91 Å². The molecule has 0 bridgehead atoms. The van der Waals surface area contributed by atoms with Gasteiger partial charge in [-0.15, -0.1) is 0 Å². The molecule has 0 spiro atoms. The highest BCUT2D eigenvalue weighted by molar-refractivity contribution is 6.06. The quantitative estimate of drug-likeness (QED) is 0.652. The number of alkyl halides is 3. The summed E-state index contributed by atoms with van der Waals surface area (Å²) in [6.07, 6.45) is -3.79.